The van der Waals surface area contributed by atoms with E-state index >= 15 is 0 Å². The summed E-state index contributed by atoms with van der Waals surface area (Å²) in [7, 11) is 1.59. The van der Waals surface area contributed by atoms with Crippen LogP contribution in [0.25, 0.3) is 11.1 Å². The number of methoxy groups -OCH3 is 1. The number of hydrogen-bond donors (Lipinski definition) is 1. The maximum atomic E-state index is 9.54. The molecule has 4 nitrogen and oxygen atoms in total. The van der Waals surface area contributed by atoms with Crippen molar-refractivity contribution in [3.05, 3.63) is 54.1 Å². The summed E-state index contributed by atoms with van der Waals surface area (Å²) in [5.74, 6) is 2.49. The van der Waals surface area contributed by atoms with Crippen LogP contribution >= 0.6 is 11.8 Å². The molecule has 0 saturated heterocycles. The number of rotatable bonds is 10. The summed E-state index contributed by atoms with van der Waals surface area (Å²) in [6.45, 7) is 1.04. The molecule has 2 aromatic rings. The molecule has 0 radical (unpaired) electrons. The molecule has 0 bridgehead atoms. The zero-order chi connectivity index (χ0) is 17.9. The molecule has 1 unspecified atom stereocenters. The van der Waals surface area contributed by atoms with Gasteiger partial charge in [-0.05, 0) is 47.6 Å². The van der Waals surface area contributed by atoms with Crippen LogP contribution in [-0.2, 0) is 4.74 Å². The van der Waals surface area contributed by atoms with Gasteiger partial charge >= 0.3 is 0 Å². The van der Waals surface area contributed by atoms with Crippen LogP contribution in [0.15, 0.2) is 48.5 Å². The molecular weight excluding hydrogens is 334 g/mol. The number of nitriles is 1. The van der Waals surface area contributed by atoms with Crippen molar-refractivity contribution in [2.75, 3.05) is 31.8 Å². The third-order valence-electron chi connectivity index (χ3n) is 3.57. The van der Waals surface area contributed by atoms with Crippen molar-refractivity contribution in [2.24, 2.45) is 0 Å². The van der Waals surface area contributed by atoms with Gasteiger partial charge < -0.3 is 14.6 Å². The predicted octanol–water partition coefficient (Wildman–Crippen LogP) is 3.73. The Kier molecular flexibility index (Phi) is 8.33. The van der Waals surface area contributed by atoms with Gasteiger partial charge in [-0.2, -0.15) is 17.0 Å². The Balaban J connectivity index is 1.71. The fourth-order valence-electron chi connectivity index (χ4n) is 2.29. The molecule has 1 atom stereocenters. The molecule has 5 heteroatoms. The third kappa shape index (κ3) is 6.79. The van der Waals surface area contributed by atoms with Gasteiger partial charge in [0.05, 0.1) is 31.0 Å². The van der Waals surface area contributed by atoms with Gasteiger partial charge in [-0.1, -0.05) is 24.3 Å². The van der Waals surface area contributed by atoms with E-state index < -0.39 is 6.10 Å². The van der Waals surface area contributed by atoms with Crippen LogP contribution in [0, 0.1) is 11.3 Å². The maximum absolute atomic E-state index is 9.54. The van der Waals surface area contributed by atoms with Gasteiger partial charge in [-0.25, -0.2) is 0 Å². The van der Waals surface area contributed by atoms with Gasteiger partial charge in [0.1, 0.15) is 5.75 Å². The van der Waals surface area contributed by atoms with Crippen LogP contribution in [0.3, 0.4) is 0 Å². The van der Waals surface area contributed by atoms with Crippen molar-refractivity contribution in [3.63, 3.8) is 0 Å². The van der Waals surface area contributed by atoms with Crippen molar-refractivity contribution in [1.82, 2.24) is 0 Å². The first-order valence-electron chi connectivity index (χ1n) is 8.21. The third-order valence-corrected chi connectivity index (χ3v) is 4.77. The van der Waals surface area contributed by atoms with Crippen LogP contribution in [0.2, 0.25) is 0 Å². The lowest BCUT2D eigenvalue weighted by atomic mass is 10.0. The fourth-order valence-corrected chi connectivity index (χ4v) is 3.15. The Morgan fingerprint density at radius 1 is 1.08 bits per heavy atom. The summed E-state index contributed by atoms with van der Waals surface area (Å²) in [5, 5.41) is 18.4. The van der Waals surface area contributed by atoms with Crippen molar-refractivity contribution >= 4 is 11.8 Å². The van der Waals surface area contributed by atoms with E-state index in [1.807, 2.05) is 48.5 Å². The van der Waals surface area contributed by atoms with Gasteiger partial charge in [0.2, 0.25) is 0 Å². The number of aliphatic hydroxyl groups excluding tert-OH is 1. The number of thioether (sulfide) groups is 1. The van der Waals surface area contributed by atoms with Crippen molar-refractivity contribution in [3.8, 4) is 22.9 Å². The number of benzene rings is 2. The molecule has 0 aliphatic carbocycles. The van der Waals surface area contributed by atoms with Crippen LogP contribution < -0.4 is 4.74 Å². The molecule has 2 rings (SSSR count). The predicted molar refractivity (Wildman–Crippen MR) is 102 cm³/mol. The SMILES string of the molecule is COCC(O)CSCCCOc1ccc(-c2ccc(C#N)cc2)cc1. The van der Waals surface area contributed by atoms with Crippen molar-refractivity contribution < 1.29 is 14.6 Å². The van der Waals surface area contributed by atoms with Crippen LogP contribution in [0.1, 0.15) is 12.0 Å². The minimum atomic E-state index is -0.398. The molecule has 0 fully saturated rings. The quantitative estimate of drug-likeness (QED) is 0.657. The lowest BCUT2D eigenvalue weighted by Gasteiger charge is -2.09. The summed E-state index contributed by atoms with van der Waals surface area (Å²) >= 11 is 1.71. The Labute approximate surface area is 153 Å². The Bertz CT molecular complexity index is 665. The molecule has 0 aromatic heterocycles. The number of ether oxygens (including phenoxy) is 2. The van der Waals surface area contributed by atoms with Crippen molar-refractivity contribution in [1.29, 1.82) is 5.26 Å². The molecule has 132 valence electrons. The first-order valence-corrected chi connectivity index (χ1v) is 9.36. The van der Waals surface area contributed by atoms with E-state index in [-0.39, 0.29) is 0 Å². The highest BCUT2D eigenvalue weighted by atomic mass is 32.2. The summed E-state index contributed by atoms with van der Waals surface area (Å²) in [6.07, 6.45) is 0.535. The zero-order valence-electron chi connectivity index (χ0n) is 14.4. The topological polar surface area (TPSA) is 62.5 Å². The normalized spacial score (nSPS) is 11.7. The number of hydrogen-bond acceptors (Lipinski definition) is 5. The maximum Gasteiger partial charge on any atom is 0.119 e. The zero-order valence-corrected chi connectivity index (χ0v) is 15.2. The van der Waals surface area contributed by atoms with E-state index in [4.69, 9.17) is 14.7 Å². The second kappa shape index (κ2) is 10.8. The largest absolute Gasteiger partial charge is 0.494 e. The van der Waals surface area contributed by atoms with Crippen LogP contribution in [0.4, 0.5) is 0 Å². The average molecular weight is 357 g/mol. The van der Waals surface area contributed by atoms with Gasteiger partial charge in [0, 0.05) is 12.9 Å². The summed E-state index contributed by atoms with van der Waals surface area (Å²) in [5.41, 5.74) is 2.84. The van der Waals surface area contributed by atoms with E-state index in [0.717, 1.165) is 29.1 Å². The molecule has 0 saturated carbocycles. The molecule has 0 aliphatic heterocycles. The van der Waals surface area contributed by atoms with E-state index in [2.05, 4.69) is 6.07 Å². The summed E-state index contributed by atoms with van der Waals surface area (Å²) in [6, 6.07) is 17.6. The molecule has 0 amide bonds. The van der Waals surface area contributed by atoms with Gasteiger partial charge in [-0.15, -0.1) is 0 Å². The lowest BCUT2D eigenvalue weighted by Crippen LogP contribution is -2.17. The molecule has 1 N–H and O–H groups in total. The molecule has 2 aromatic carbocycles. The van der Waals surface area contributed by atoms with E-state index in [0.29, 0.717) is 24.5 Å². The van der Waals surface area contributed by atoms with Crippen LogP contribution in [0.5, 0.6) is 5.75 Å². The van der Waals surface area contributed by atoms with Gasteiger partial charge in [0.15, 0.2) is 0 Å². The minimum Gasteiger partial charge on any atom is -0.494 e. The smallest absolute Gasteiger partial charge is 0.119 e. The summed E-state index contributed by atoms with van der Waals surface area (Å²) in [4.78, 5) is 0. The Hall–Kier alpha value is -2.00. The first kappa shape index (κ1) is 19.3. The monoisotopic (exact) mass is 357 g/mol. The standard InChI is InChI=1S/C20H23NO3S/c1-23-14-19(22)15-25-12-2-11-24-20-9-7-18(8-10-20)17-5-3-16(13-21)4-6-17/h3-10,19,22H,2,11-12,14-15H2,1H3. The number of aliphatic hydroxyl groups is 1. The van der Waals surface area contributed by atoms with Crippen molar-refractivity contribution in [2.45, 2.75) is 12.5 Å². The molecular formula is C20H23NO3S. The second-order valence-corrected chi connectivity index (χ2v) is 6.75. The first-order chi connectivity index (χ1) is 12.2. The molecule has 25 heavy (non-hydrogen) atoms. The molecule has 0 aliphatic rings. The minimum absolute atomic E-state index is 0.384. The number of nitrogens with zero attached hydrogens (tertiary/aromatic N) is 1. The van der Waals surface area contributed by atoms with E-state index in [9.17, 15) is 5.11 Å². The highest BCUT2D eigenvalue weighted by molar-refractivity contribution is 7.99. The fraction of sp³-hybridized carbons (Fsp3) is 0.350. The van der Waals surface area contributed by atoms with E-state index in [1.54, 1.807) is 18.9 Å². The highest BCUT2D eigenvalue weighted by Crippen LogP contribution is 2.23. The Morgan fingerprint density at radius 2 is 1.72 bits per heavy atom. The lowest BCUT2D eigenvalue weighted by molar-refractivity contribution is 0.0794. The van der Waals surface area contributed by atoms with Crippen LogP contribution in [-0.4, -0.2) is 43.0 Å². The van der Waals surface area contributed by atoms with Gasteiger partial charge in [0.25, 0.3) is 0 Å². The van der Waals surface area contributed by atoms with E-state index in [1.165, 1.54) is 0 Å². The highest BCUT2D eigenvalue weighted by Gasteiger charge is 2.03. The second-order valence-electron chi connectivity index (χ2n) is 5.60. The van der Waals surface area contributed by atoms with Gasteiger partial charge in [-0.3, -0.25) is 0 Å². The average Bonchev–Trinajstić information content (AvgIpc) is 2.65. The molecule has 0 spiro atoms. The Morgan fingerprint density at radius 3 is 2.32 bits per heavy atom. The molecule has 0 heterocycles. The summed E-state index contributed by atoms with van der Waals surface area (Å²) < 4.78 is 10.6.